The van der Waals surface area contributed by atoms with Crippen LogP contribution >= 0.6 is 11.3 Å². The van der Waals surface area contributed by atoms with Gasteiger partial charge in [-0.1, -0.05) is 30.6 Å². The van der Waals surface area contributed by atoms with Gasteiger partial charge < -0.3 is 14.8 Å². The molecule has 2 aromatic heterocycles. The van der Waals surface area contributed by atoms with Gasteiger partial charge in [-0.15, -0.1) is 13.2 Å². The van der Waals surface area contributed by atoms with E-state index in [1.807, 2.05) is 18.2 Å². The summed E-state index contributed by atoms with van der Waals surface area (Å²) in [6.45, 7) is 0.951. The minimum absolute atomic E-state index is 0.320. The molecule has 4 aromatic rings. The molecule has 0 amide bonds. The fourth-order valence-corrected chi connectivity index (χ4v) is 5.08. The molecule has 0 spiro atoms. The van der Waals surface area contributed by atoms with E-state index in [0.717, 1.165) is 21.9 Å². The lowest BCUT2D eigenvalue weighted by Crippen LogP contribution is -2.17. The highest BCUT2D eigenvalue weighted by Gasteiger charge is 2.31. The Morgan fingerprint density at radius 2 is 1.79 bits per heavy atom. The lowest BCUT2D eigenvalue weighted by molar-refractivity contribution is -0.274. The van der Waals surface area contributed by atoms with Crippen LogP contribution in [-0.2, 0) is 0 Å². The van der Waals surface area contributed by atoms with Crippen molar-refractivity contribution < 1.29 is 22.6 Å². The molecule has 1 aliphatic rings. The summed E-state index contributed by atoms with van der Waals surface area (Å²) in [5.74, 6) is 1.51. The molecule has 0 radical (unpaired) electrons. The second-order valence-electron chi connectivity index (χ2n) is 8.17. The highest BCUT2D eigenvalue weighted by Crippen LogP contribution is 2.35. The van der Waals surface area contributed by atoms with Crippen LogP contribution in [0.15, 0.2) is 48.7 Å². The molecule has 1 N–H and O–H groups in total. The summed E-state index contributed by atoms with van der Waals surface area (Å²) < 4.78 is 48.6. The maximum atomic E-state index is 12.5. The molecule has 5 nitrogen and oxygen atoms in total. The van der Waals surface area contributed by atoms with Crippen molar-refractivity contribution in [3.05, 3.63) is 48.7 Å². The van der Waals surface area contributed by atoms with Gasteiger partial charge in [-0.2, -0.15) is 0 Å². The van der Waals surface area contributed by atoms with Gasteiger partial charge in [0.15, 0.2) is 5.13 Å². The molecule has 0 aliphatic heterocycles. The van der Waals surface area contributed by atoms with Crippen LogP contribution in [0.5, 0.6) is 17.2 Å². The minimum Gasteiger partial charge on any atom is -0.457 e. The summed E-state index contributed by atoms with van der Waals surface area (Å²) in [6.07, 6.45) is 3.26. The monoisotopic (exact) mass is 473 g/mol. The number of aromatic nitrogens is 2. The van der Waals surface area contributed by atoms with Crippen LogP contribution in [-0.4, -0.2) is 22.9 Å². The van der Waals surface area contributed by atoms with Gasteiger partial charge in [0.1, 0.15) is 17.2 Å². The van der Waals surface area contributed by atoms with Gasteiger partial charge in [0.25, 0.3) is 0 Å². The van der Waals surface area contributed by atoms with Crippen LogP contribution in [0.4, 0.5) is 18.3 Å². The second kappa shape index (κ2) is 9.05. The second-order valence-corrected chi connectivity index (χ2v) is 9.20. The van der Waals surface area contributed by atoms with Crippen LogP contribution in [0, 0.1) is 5.92 Å². The zero-order chi connectivity index (χ0) is 22.8. The number of ether oxygens (including phenoxy) is 2. The number of halogens is 3. The van der Waals surface area contributed by atoms with Crippen LogP contribution < -0.4 is 14.8 Å². The van der Waals surface area contributed by atoms with E-state index in [2.05, 4.69) is 20.0 Å². The minimum atomic E-state index is -4.75. The molecular weight excluding hydrogens is 451 g/mol. The first-order valence-corrected chi connectivity index (χ1v) is 11.7. The molecule has 2 heterocycles. The average Bonchev–Trinajstić information content (AvgIpc) is 3.20. The number of fused-ring (bicyclic) bond motifs is 2. The fraction of sp³-hybridized carbons (Fsp3) is 0.333. The van der Waals surface area contributed by atoms with Crippen molar-refractivity contribution in [1.82, 2.24) is 9.97 Å². The third-order valence-corrected chi connectivity index (χ3v) is 6.74. The van der Waals surface area contributed by atoms with Gasteiger partial charge in [-0.05, 0) is 49.1 Å². The Labute approximate surface area is 192 Å². The first-order chi connectivity index (χ1) is 15.9. The maximum Gasteiger partial charge on any atom is 0.573 e. The molecule has 172 valence electrons. The topological polar surface area (TPSA) is 56.3 Å². The number of hydrogen-bond donors (Lipinski definition) is 1. The Balaban J connectivity index is 1.33. The summed E-state index contributed by atoms with van der Waals surface area (Å²) in [5.41, 5.74) is 1.24. The number of thiazole rings is 1. The van der Waals surface area contributed by atoms with Crippen LogP contribution in [0.25, 0.3) is 21.1 Å². The number of nitrogens with one attached hydrogen (secondary N) is 1. The van der Waals surface area contributed by atoms with Crippen molar-refractivity contribution in [3.63, 3.8) is 0 Å². The SMILES string of the molecule is FC(F)(F)Oc1ccc2c(Oc3ccc4nc(NCC5CCCCC5)sc4c3)ccnc2c1. The normalized spacial score (nSPS) is 15.1. The third-order valence-electron chi connectivity index (χ3n) is 5.76. The molecule has 5 rings (SSSR count). The Morgan fingerprint density at radius 1 is 0.970 bits per heavy atom. The van der Waals surface area contributed by atoms with Crippen molar-refractivity contribution in [1.29, 1.82) is 0 Å². The molecule has 2 aromatic carbocycles. The summed E-state index contributed by atoms with van der Waals surface area (Å²) in [7, 11) is 0. The predicted octanol–water partition coefficient (Wildman–Crippen LogP) is 7.53. The molecule has 0 atom stereocenters. The summed E-state index contributed by atoms with van der Waals surface area (Å²) >= 11 is 1.58. The van der Waals surface area contributed by atoms with Gasteiger partial charge in [0.05, 0.1) is 15.7 Å². The van der Waals surface area contributed by atoms with Crippen molar-refractivity contribution in [2.75, 3.05) is 11.9 Å². The number of anilines is 1. The van der Waals surface area contributed by atoms with Crippen molar-refractivity contribution in [3.8, 4) is 17.2 Å². The highest BCUT2D eigenvalue weighted by molar-refractivity contribution is 7.22. The van der Waals surface area contributed by atoms with Gasteiger partial charge in [-0.3, -0.25) is 4.98 Å². The standard InChI is InChI=1S/C24H22F3N3O2S/c25-24(26,27)32-17-6-8-18-20(12-17)28-11-10-21(18)31-16-7-9-19-22(13-16)33-23(30-19)29-14-15-4-2-1-3-5-15/h6-13,15H,1-5,14H2,(H,29,30). The smallest absolute Gasteiger partial charge is 0.457 e. The number of hydrogen-bond acceptors (Lipinski definition) is 6. The van der Waals surface area contributed by atoms with E-state index in [1.54, 1.807) is 17.4 Å². The zero-order valence-corrected chi connectivity index (χ0v) is 18.5. The van der Waals surface area contributed by atoms with Crippen molar-refractivity contribution in [2.45, 2.75) is 38.5 Å². The Morgan fingerprint density at radius 3 is 2.61 bits per heavy atom. The van der Waals surface area contributed by atoms with E-state index in [9.17, 15) is 13.2 Å². The molecule has 0 saturated heterocycles. The molecule has 1 fully saturated rings. The number of pyridine rings is 1. The Hall–Kier alpha value is -3.07. The van der Waals surface area contributed by atoms with Crippen LogP contribution in [0.3, 0.4) is 0 Å². The van der Waals surface area contributed by atoms with Gasteiger partial charge in [-0.25, -0.2) is 4.98 Å². The van der Waals surface area contributed by atoms with Crippen molar-refractivity contribution >= 4 is 37.6 Å². The summed E-state index contributed by atoms with van der Waals surface area (Å²) in [6, 6.07) is 11.4. The lowest BCUT2D eigenvalue weighted by Gasteiger charge is -2.21. The first-order valence-electron chi connectivity index (χ1n) is 10.9. The predicted molar refractivity (Wildman–Crippen MR) is 123 cm³/mol. The zero-order valence-electron chi connectivity index (χ0n) is 17.7. The van der Waals surface area contributed by atoms with E-state index in [-0.39, 0.29) is 5.75 Å². The summed E-state index contributed by atoms with van der Waals surface area (Å²) in [5, 5.41) is 4.98. The van der Waals surface area contributed by atoms with Crippen molar-refractivity contribution in [2.24, 2.45) is 5.92 Å². The number of nitrogens with zero attached hydrogens (tertiary/aromatic N) is 2. The first kappa shape index (κ1) is 21.8. The molecule has 0 unspecified atom stereocenters. The molecule has 0 bridgehead atoms. The number of alkyl halides is 3. The Kier molecular flexibility index (Phi) is 5.97. The maximum absolute atomic E-state index is 12.5. The Bertz CT molecular complexity index is 1270. The largest absolute Gasteiger partial charge is 0.573 e. The van der Waals surface area contributed by atoms with Crippen LogP contribution in [0.2, 0.25) is 0 Å². The van der Waals surface area contributed by atoms with Gasteiger partial charge >= 0.3 is 6.36 Å². The highest BCUT2D eigenvalue weighted by atomic mass is 32.1. The lowest BCUT2D eigenvalue weighted by atomic mass is 9.89. The van der Waals surface area contributed by atoms with Gasteiger partial charge in [0.2, 0.25) is 0 Å². The van der Waals surface area contributed by atoms with Gasteiger partial charge in [0, 0.05) is 30.3 Å². The van der Waals surface area contributed by atoms with E-state index in [0.29, 0.717) is 28.3 Å². The molecule has 1 saturated carbocycles. The van der Waals surface area contributed by atoms with Crippen LogP contribution in [0.1, 0.15) is 32.1 Å². The average molecular weight is 474 g/mol. The molecule has 9 heteroatoms. The fourth-order valence-electron chi connectivity index (χ4n) is 4.18. The number of benzene rings is 2. The summed E-state index contributed by atoms with van der Waals surface area (Å²) in [4.78, 5) is 8.81. The molecular formula is C24H22F3N3O2S. The van der Waals surface area contributed by atoms with E-state index in [1.165, 1.54) is 56.5 Å². The van der Waals surface area contributed by atoms with E-state index >= 15 is 0 Å². The number of rotatable bonds is 6. The molecule has 33 heavy (non-hydrogen) atoms. The van der Waals surface area contributed by atoms with E-state index < -0.39 is 6.36 Å². The quantitative estimate of drug-likeness (QED) is 0.314. The van der Waals surface area contributed by atoms with E-state index in [4.69, 9.17) is 4.74 Å². The third kappa shape index (κ3) is 5.30. The molecule has 1 aliphatic carbocycles.